The first-order valence-electron chi connectivity index (χ1n) is 7.55. The van der Waals surface area contributed by atoms with Gasteiger partial charge in [0.15, 0.2) is 0 Å². The Morgan fingerprint density at radius 2 is 1.89 bits per heavy atom. The number of carbonyl (C=O) groups is 1. The fraction of sp³-hybridized carbons (Fsp3) is 0.933. The van der Waals surface area contributed by atoms with Gasteiger partial charge < -0.3 is 4.90 Å². The standard InChI is InChI=1S/C15H28N2O/c1-16(2)11-13-6-8-14(9-7-13)17-10-4-3-5-15(18)12-17/h13-14H,3-12H2,1-2H3. The minimum absolute atomic E-state index is 0.461. The molecule has 0 amide bonds. The van der Waals surface area contributed by atoms with E-state index in [0.717, 1.165) is 31.8 Å². The molecule has 0 aromatic heterocycles. The SMILES string of the molecule is CN(C)CC1CCC(N2CCCCC(=O)C2)CC1. The molecule has 0 unspecified atom stereocenters. The highest BCUT2D eigenvalue weighted by atomic mass is 16.1. The van der Waals surface area contributed by atoms with E-state index in [1.54, 1.807) is 0 Å². The van der Waals surface area contributed by atoms with E-state index < -0.39 is 0 Å². The van der Waals surface area contributed by atoms with Gasteiger partial charge in [-0.05, 0) is 65.1 Å². The van der Waals surface area contributed by atoms with Crippen LogP contribution in [0.1, 0.15) is 44.9 Å². The smallest absolute Gasteiger partial charge is 0.146 e. The van der Waals surface area contributed by atoms with Crippen molar-refractivity contribution in [2.24, 2.45) is 5.92 Å². The molecule has 0 bridgehead atoms. The number of nitrogens with zero attached hydrogens (tertiary/aromatic N) is 2. The van der Waals surface area contributed by atoms with Crippen molar-refractivity contribution in [2.75, 3.05) is 33.7 Å². The van der Waals surface area contributed by atoms with Crippen molar-refractivity contribution in [1.29, 1.82) is 0 Å². The molecule has 2 aliphatic rings. The van der Waals surface area contributed by atoms with Gasteiger partial charge in [-0.1, -0.05) is 0 Å². The van der Waals surface area contributed by atoms with E-state index in [-0.39, 0.29) is 0 Å². The fourth-order valence-electron chi connectivity index (χ4n) is 3.54. The molecule has 0 spiro atoms. The third-order valence-corrected chi connectivity index (χ3v) is 4.49. The number of rotatable bonds is 3. The van der Waals surface area contributed by atoms with Crippen molar-refractivity contribution >= 4 is 5.78 Å². The van der Waals surface area contributed by atoms with Crippen LogP contribution in [0.25, 0.3) is 0 Å². The highest BCUT2D eigenvalue weighted by Gasteiger charge is 2.27. The van der Waals surface area contributed by atoms with Crippen LogP contribution in [0.5, 0.6) is 0 Å². The zero-order chi connectivity index (χ0) is 13.0. The number of ketones is 1. The van der Waals surface area contributed by atoms with Crippen LogP contribution in [0.4, 0.5) is 0 Å². The van der Waals surface area contributed by atoms with Gasteiger partial charge in [0, 0.05) is 19.0 Å². The maximum atomic E-state index is 11.7. The molecule has 0 aromatic carbocycles. The third-order valence-electron chi connectivity index (χ3n) is 4.49. The van der Waals surface area contributed by atoms with Crippen LogP contribution in [-0.2, 0) is 4.79 Å². The van der Waals surface area contributed by atoms with Crippen molar-refractivity contribution in [3.8, 4) is 0 Å². The second-order valence-corrected chi connectivity index (χ2v) is 6.40. The lowest BCUT2D eigenvalue weighted by molar-refractivity contribution is -0.120. The van der Waals surface area contributed by atoms with Crippen LogP contribution < -0.4 is 0 Å². The van der Waals surface area contributed by atoms with E-state index in [9.17, 15) is 4.79 Å². The van der Waals surface area contributed by atoms with Crippen LogP contribution >= 0.6 is 0 Å². The van der Waals surface area contributed by atoms with Gasteiger partial charge in [0.2, 0.25) is 0 Å². The van der Waals surface area contributed by atoms with Gasteiger partial charge in [-0.25, -0.2) is 0 Å². The Kier molecular flexibility index (Phi) is 5.19. The maximum Gasteiger partial charge on any atom is 0.146 e. The summed E-state index contributed by atoms with van der Waals surface area (Å²) in [5.74, 6) is 1.34. The summed E-state index contributed by atoms with van der Waals surface area (Å²) in [6.07, 6.45) is 8.40. The molecule has 104 valence electrons. The van der Waals surface area contributed by atoms with Gasteiger partial charge >= 0.3 is 0 Å². The molecule has 18 heavy (non-hydrogen) atoms. The second kappa shape index (κ2) is 6.67. The molecule has 2 rings (SSSR count). The lowest BCUT2D eigenvalue weighted by Gasteiger charge is -2.36. The number of hydrogen-bond donors (Lipinski definition) is 0. The number of Topliss-reactive ketones (excluding diaryl/α,β-unsaturated/α-hetero) is 1. The number of carbonyl (C=O) groups excluding carboxylic acids is 1. The summed E-state index contributed by atoms with van der Waals surface area (Å²) < 4.78 is 0. The summed E-state index contributed by atoms with van der Waals surface area (Å²) in [5.41, 5.74) is 0. The molecule has 0 N–H and O–H groups in total. The minimum atomic E-state index is 0.461. The van der Waals surface area contributed by atoms with Gasteiger partial charge in [0.1, 0.15) is 5.78 Å². The Morgan fingerprint density at radius 3 is 2.56 bits per heavy atom. The summed E-state index contributed by atoms with van der Waals surface area (Å²) in [6, 6.07) is 0.686. The van der Waals surface area contributed by atoms with Crippen molar-refractivity contribution in [2.45, 2.75) is 51.0 Å². The molecule has 1 aliphatic heterocycles. The average molecular weight is 252 g/mol. The quantitative estimate of drug-likeness (QED) is 0.769. The number of hydrogen-bond acceptors (Lipinski definition) is 3. The molecule has 1 saturated carbocycles. The Bertz CT molecular complexity index is 270. The summed E-state index contributed by atoms with van der Waals surface area (Å²) >= 11 is 0. The van der Waals surface area contributed by atoms with E-state index in [0.29, 0.717) is 11.8 Å². The van der Waals surface area contributed by atoms with Gasteiger partial charge in [-0.15, -0.1) is 0 Å². The van der Waals surface area contributed by atoms with Crippen molar-refractivity contribution in [1.82, 2.24) is 9.80 Å². The Balaban J connectivity index is 1.79. The Morgan fingerprint density at radius 1 is 1.17 bits per heavy atom. The van der Waals surface area contributed by atoms with Gasteiger partial charge in [0.05, 0.1) is 6.54 Å². The van der Waals surface area contributed by atoms with E-state index >= 15 is 0 Å². The predicted octanol–water partition coefficient (Wildman–Crippen LogP) is 2.16. The van der Waals surface area contributed by atoms with E-state index in [4.69, 9.17) is 0 Å². The monoisotopic (exact) mass is 252 g/mol. The Hall–Kier alpha value is -0.410. The normalized spacial score (nSPS) is 31.6. The summed E-state index contributed by atoms with van der Waals surface area (Å²) in [4.78, 5) is 16.5. The summed E-state index contributed by atoms with van der Waals surface area (Å²) in [5, 5.41) is 0. The fourth-order valence-corrected chi connectivity index (χ4v) is 3.54. The Labute approximate surface area is 112 Å². The lowest BCUT2D eigenvalue weighted by Crippen LogP contribution is -2.41. The second-order valence-electron chi connectivity index (χ2n) is 6.40. The number of likely N-dealkylation sites (tertiary alicyclic amines) is 1. The first kappa shape index (κ1) is 14.0. The first-order chi connectivity index (χ1) is 8.65. The zero-order valence-electron chi connectivity index (χ0n) is 12.0. The molecule has 0 atom stereocenters. The van der Waals surface area contributed by atoms with Crippen LogP contribution in [0.3, 0.4) is 0 Å². The van der Waals surface area contributed by atoms with Gasteiger partial charge in [0.25, 0.3) is 0 Å². The van der Waals surface area contributed by atoms with Gasteiger partial charge in [-0.3, -0.25) is 9.69 Å². The third kappa shape index (κ3) is 4.06. The average Bonchev–Trinajstić information content (AvgIpc) is 2.54. The summed E-state index contributed by atoms with van der Waals surface area (Å²) in [7, 11) is 4.33. The van der Waals surface area contributed by atoms with E-state index in [1.165, 1.54) is 38.6 Å². The molecule has 0 radical (unpaired) electrons. The highest BCUT2D eigenvalue weighted by Crippen LogP contribution is 2.28. The first-order valence-corrected chi connectivity index (χ1v) is 7.55. The molecule has 3 nitrogen and oxygen atoms in total. The van der Waals surface area contributed by atoms with Gasteiger partial charge in [-0.2, -0.15) is 0 Å². The molecular formula is C15H28N2O. The topological polar surface area (TPSA) is 23.6 Å². The minimum Gasteiger partial charge on any atom is -0.309 e. The van der Waals surface area contributed by atoms with Crippen LogP contribution in [0.15, 0.2) is 0 Å². The largest absolute Gasteiger partial charge is 0.309 e. The lowest BCUT2D eigenvalue weighted by atomic mass is 9.85. The maximum absolute atomic E-state index is 11.7. The zero-order valence-corrected chi connectivity index (χ0v) is 12.0. The van der Waals surface area contributed by atoms with Crippen molar-refractivity contribution in [3.05, 3.63) is 0 Å². The molecule has 1 saturated heterocycles. The highest BCUT2D eigenvalue weighted by molar-refractivity contribution is 5.80. The molecule has 3 heteroatoms. The van der Waals surface area contributed by atoms with Crippen molar-refractivity contribution in [3.63, 3.8) is 0 Å². The van der Waals surface area contributed by atoms with Crippen LogP contribution in [0, 0.1) is 5.92 Å². The van der Waals surface area contributed by atoms with Crippen LogP contribution in [0.2, 0.25) is 0 Å². The summed E-state index contributed by atoms with van der Waals surface area (Å²) in [6.45, 7) is 3.10. The molecule has 2 fully saturated rings. The molecule has 1 heterocycles. The van der Waals surface area contributed by atoms with E-state index in [2.05, 4.69) is 23.9 Å². The predicted molar refractivity (Wildman–Crippen MR) is 74.7 cm³/mol. The van der Waals surface area contributed by atoms with E-state index in [1.807, 2.05) is 0 Å². The molecule has 0 aromatic rings. The molecule has 1 aliphatic carbocycles. The van der Waals surface area contributed by atoms with Crippen molar-refractivity contribution < 1.29 is 4.79 Å². The van der Waals surface area contributed by atoms with Crippen LogP contribution in [-0.4, -0.2) is 55.4 Å². The molecular weight excluding hydrogens is 224 g/mol.